The van der Waals surface area contributed by atoms with Crippen LogP contribution >= 0.6 is 0 Å². The Bertz CT molecular complexity index is 1020. The SMILES string of the molecule is CC(=O)c1ccc(-n2cnc3ccc(-c4ccncc4)cc32)cc1. The number of Topliss-reactive ketones (excluding diaryl/α,β-unsaturated/α-hetero) is 1. The third-order valence-electron chi connectivity index (χ3n) is 4.11. The fraction of sp³-hybridized carbons (Fsp3) is 0.0500. The smallest absolute Gasteiger partial charge is 0.159 e. The lowest BCUT2D eigenvalue weighted by molar-refractivity contribution is 0.101. The third-order valence-corrected chi connectivity index (χ3v) is 4.11. The van der Waals surface area contributed by atoms with E-state index in [1.807, 2.05) is 53.4 Å². The van der Waals surface area contributed by atoms with Crippen LogP contribution in [0.1, 0.15) is 17.3 Å². The zero-order chi connectivity index (χ0) is 16.5. The van der Waals surface area contributed by atoms with Crippen LogP contribution in [0.3, 0.4) is 0 Å². The molecule has 0 saturated heterocycles. The van der Waals surface area contributed by atoms with Crippen molar-refractivity contribution in [3.8, 4) is 16.8 Å². The zero-order valence-electron chi connectivity index (χ0n) is 13.2. The number of hydrogen-bond donors (Lipinski definition) is 0. The van der Waals surface area contributed by atoms with Gasteiger partial charge >= 0.3 is 0 Å². The number of imidazole rings is 1. The number of carbonyl (C=O) groups excluding carboxylic acids is 1. The largest absolute Gasteiger partial charge is 0.299 e. The third kappa shape index (κ3) is 2.48. The number of nitrogens with zero attached hydrogens (tertiary/aromatic N) is 3. The maximum Gasteiger partial charge on any atom is 0.159 e. The highest BCUT2D eigenvalue weighted by molar-refractivity contribution is 5.94. The highest BCUT2D eigenvalue weighted by atomic mass is 16.1. The van der Waals surface area contributed by atoms with E-state index in [9.17, 15) is 4.79 Å². The Labute approximate surface area is 139 Å². The molecule has 0 aliphatic rings. The van der Waals surface area contributed by atoms with E-state index in [1.54, 1.807) is 19.3 Å². The van der Waals surface area contributed by atoms with Crippen LogP contribution < -0.4 is 0 Å². The second-order valence-electron chi connectivity index (χ2n) is 5.66. The molecule has 24 heavy (non-hydrogen) atoms. The van der Waals surface area contributed by atoms with Gasteiger partial charge in [0.1, 0.15) is 6.33 Å². The van der Waals surface area contributed by atoms with Gasteiger partial charge in [-0.3, -0.25) is 14.3 Å². The second kappa shape index (κ2) is 5.74. The Morgan fingerprint density at radius 2 is 1.67 bits per heavy atom. The van der Waals surface area contributed by atoms with Gasteiger partial charge in [0, 0.05) is 23.6 Å². The van der Waals surface area contributed by atoms with Crippen molar-refractivity contribution in [3.05, 3.63) is 78.9 Å². The number of aromatic nitrogens is 3. The van der Waals surface area contributed by atoms with E-state index in [1.165, 1.54) is 0 Å². The molecule has 4 heteroatoms. The summed E-state index contributed by atoms with van der Waals surface area (Å²) in [5, 5.41) is 0. The molecule has 0 radical (unpaired) electrons. The molecule has 0 aliphatic carbocycles. The van der Waals surface area contributed by atoms with Crippen molar-refractivity contribution in [2.75, 3.05) is 0 Å². The van der Waals surface area contributed by atoms with E-state index >= 15 is 0 Å². The van der Waals surface area contributed by atoms with E-state index < -0.39 is 0 Å². The van der Waals surface area contributed by atoms with Crippen molar-refractivity contribution in [2.45, 2.75) is 6.92 Å². The van der Waals surface area contributed by atoms with E-state index in [-0.39, 0.29) is 5.78 Å². The predicted octanol–water partition coefficient (Wildman–Crippen LogP) is 4.29. The lowest BCUT2D eigenvalue weighted by Crippen LogP contribution is -1.95. The predicted molar refractivity (Wildman–Crippen MR) is 94.3 cm³/mol. The number of fused-ring (bicyclic) bond motifs is 1. The summed E-state index contributed by atoms with van der Waals surface area (Å²) in [4.78, 5) is 20.0. The summed E-state index contributed by atoms with van der Waals surface area (Å²) >= 11 is 0. The molecular weight excluding hydrogens is 298 g/mol. The van der Waals surface area contributed by atoms with E-state index in [0.717, 1.165) is 27.8 Å². The monoisotopic (exact) mass is 313 g/mol. The summed E-state index contributed by atoms with van der Waals surface area (Å²) in [6, 6.07) is 17.8. The van der Waals surface area contributed by atoms with Crippen LogP contribution in [0.2, 0.25) is 0 Å². The van der Waals surface area contributed by atoms with Crippen molar-refractivity contribution in [1.82, 2.24) is 14.5 Å². The summed E-state index contributed by atoms with van der Waals surface area (Å²) in [6.07, 6.45) is 5.39. The number of ketones is 1. The summed E-state index contributed by atoms with van der Waals surface area (Å²) < 4.78 is 2.03. The lowest BCUT2D eigenvalue weighted by atomic mass is 10.1. The molecule has 0 aliphatic heterocycles. The maximum absolute atomic E-state index is 11.4. The first-order valence-corrected chi connectivity index (χ1v) is 7.71. The highest BCUT2D eigenvalue weighted by Gasteiger charge is 2.07. The Balaban J connectivity index is 1.83. The summed E-state index contributed by atoms with van der Waals surface area (Å²) in [7, 11) is 0. The molecule has 4 nitrogen and oxygen atoms in total. The van der Waals surface area contributed by atoms with Gasteiger partial charge in [0.05, 0.1) is 11.0 Å². The fourth-order valence-corrected chi connectivity index (χ4v) is 2.79. The normalized spacial score (nSPS) is 10.9. The molecule has 2 heterocycles. The molecule has 0 unspecified atom stereocenters. The van der Waals surface area contributed by atoms with Crippen molar-refractivity contribution in [2.24, 2.45) is 0 Å². The summed E-state index contributed by atoms with van der Waals surface area (Å²) in [5.41, 5.74) is 5.89. The Hall–Kier alpha value is -3.27. The van der Waals surface area contributed by atoms with E-state index in [0.29, 0.717) is 5.56 Å². The van der Waals surface area contributed by atoms with Crippen LogP contribution in [0.4, 0.5) is 0 Å². The minimum atomic E-state index is 0.0667. The van der Waals surface area contributed by atoms with Gasteiger partial charge in [0.15, 0.2) is 5.78 Å². The van der Waals surface area contributed by atoms with Gasteiger partial charge in [0.25, 0.3) is 0 Å². The quantitative estimate of drug-likeness (QED) is 0.530. The number of rotatable bonds is 3. The van der Waals surface area contributed by atoms with Crippen LogP contribution in [0.5, 0.6) is 0 Å². The first-order chi connectivity index (χ1) is 11.7. The number of carbonyl (C=O) groups is 1. The van der Waals surface area contributed by atoms with Crippen LogP contribution in [-0.2, 0) is 0 Å². The summed E-state index contributed by atoms with van der Waals surface area (Å²) in [5.74, 6) is 0.0667. The van der Waals surface area contributed by atoms with Crippen molar-refractivity contribution < 1.29 is 4.79 Å². The van der Waals surface area contributed by atoms with Gasteiger partial charge in [0.2, 0.25) is 0 Å². The van der Waals surface area contributed by atoms with Crippen molar-refractivity contribution >= 4 is 16.8 Å². The molecule has 0 atom stereocenters. The molecule has 4 rings (SSSR count). The van der Waals surface area contributed by atoms with Crippen LogP contribution in [0.25, 0.3) is 27.8 Å². The van der Waals surface area contributed by atoms with E-state index in [2.05, 4.69) is 22.1 Å². The van der Waals surface area contributed by atoms with Gasteiger partial charge in [-0.2, -0.15) is 0 Å². The maximum atomic E-state index is 11.4. The Kier molecular flexibility index (Phi) is 3.43. The van der Waals surface area contributed by atoms with Crippen LogP contribution in [0, 0.1) is 0 Å². The fourth-order valence-electron chi connectivity index (χ4n) is 2.79. The van der Waals surface area contributed by atoms with Crippen molar-refractivity contribution in [3.63, 3.8) is 0 Å². The molecular formula is C20H15N3O. The average molecular weight is 313 g/mol. The molecule has 0 fully saturated rings. The molecule has 0 spiro atoms. The van der Waals surface area contributed by atoms with E-state index in [4.69, 9.17) is 0 Å². The first kappa shape index (κ1) is 14.3. The Morgan fingerprint density at radius 1 is 0.917 bits per heavy atom. The van der Waals surface area contributed by atoms with Crippen LogP contribution in [-0.4, -0.2) is 20.3 Å². The molecule has 0 N–H and O–H groups in total. The topological polar surface area (TPSA) is 47.8 Å². The minimum Gasteiger partial charge on any atom is -0.299 e. The zero-order valence-corrected chi connectivity index (χ0v) is 13.2. The first-order valence-electron chi connectivity index (χ1n) is 7.71. The molecule has 2 aromatic heterocycles. The number of benzene rings is 2. The lowest BCUT2D eigenvalue weighted by Gasteiger charge is -2.07. The Morgan fingerprint density at radius 3 is 2.38 bits per heavy atom. The standard InChI is InChI=1S/C20H15N3O/c1-14(24)15-2-5-18(6-3-15)23-13-22-19-7-4-17(12-20(19)23)16-8-10-21-11-9-16/h2-13H,1H3. The molecule has 0 amide bonds. The highest BCUT2D eigenvalue weighted by Crippen LogP contribution is 2.25. The van der Waals surface area contributed by atoms with Crippen LogP contribution in [0.15, 0.2) is 73.3 Å². The van der Waals surface area contributed by atoms with Gasteiger partial charge in [-0.05, 0) is 66.6 Å². The van der Waals surface area contributed by atoms with Crippen molar-refractivity contribution in [1.29, 1.82) is 0 Å². The molecule has 0 saturated carbocycles. The average Bonchev–Trinajstić information content (AvgIpc) is 3.05. The van der Waals surface area contributed by atoms with Gasteiger partial charge < -0.3 is 0 Å². The van der Waals surface area contributed by atoms with Gasteiger partial charge in [-0.15, -0.1) is 0 Å². The summed E-state index contributed by atoms with van der Waals surface area (Å²) in [6.45, 7) is 1.57. The number of hydrogen-bond acceptors (Lipinski definition) is 3. The second-order valence-corrected chi connectivity index (χ2v) is 5.66. The molecule has 2 aromatic carbocycles. The molecule has 4 aromatic rings. The number of pyridine rings is 1. The van der Waals surface area contributed by atoms with Gasteiger partial charge in [-0.1, -0.05) is 6.07 Å². The minimum absolute atomic E-state index is 0.0667. The molecule has 116 valence electrons. The van der Waals surface area contributed by atoms with Gasteiger partial charge in [-0.25, -0.2) is 4.98 Å². The molecule has 0 bridgehead atoms.